The summed E-state index contributed by atoms with van der Waals surface area (Å²) in [4.78, 5) is 18.0. The SMILES string of the molecule is CCCCCCON1C(=O)c2ccccc2C1OCC. The molecule has 1 aliphatic heterocycles. The van der Waals surface area contributed by atoms with E-state index in [9.17, 15) is 4.79 Å². The fourth-order valence-electron chi connectivity index (χ4n) is 2.39. The van der Waals surface area contributed by atoms with Crippen molar-refractivity contribution in [2.24, 2.45) is 0 Å². The van der Waals surface area contributed by atoms with Crippen LogP contribution in [0.2, 0.25) is 0 Å². The second-order valence-electron chi connectivity index (χ2n) is 4.92. The molecule has 110 valence electrons. The van der Waals surface area contributed by atoms with Gasteiger partial charge in [0.15, 0.2) is 6.23 Å². The van der Waals surface area contributed by atoms with E-state index in [-0.39, 0.29) is 5.91 Å². The first-order valence-electron chi connectivity index (χ1n) is 7.46. The van der Waals surface area contributed by atoms with Crippen LogP contribution in [0.3, 0.4) is 0 Å². The van der Waals surface area contributed by atoms with Crippen LogP contribution in [0.1, 0.15) is 61.7 Å². The largest absolute Gasteiger partial charge is 0.352 e. The number of benzene rings is 1. The highest BCUT2D eigenvalue weighted by Crippen LogP contribution is 2.34. The molecule has 1 unspecified atom stereocenters. The summed E-state index contributed by atoms with van der Waals surface area (Å²) in [5, 5.41) is 1.39. The summed E-state index contributed by atoms with van der Waals surface area (Å²) in [7, 11) is 0. The lowest BCUT2D eigenvalue weighted by Gasteiger charge is -2.23. The first kappa shape index (κ1) is 15.0. The summed E-state index contributed by atoms with van der Waals surface area (Å²) in [6.07, 6.45) is 4.08. The Morgan fingerprint density at radius 3 is 2.70 bits per heavy atom. The van der Waals surface area contributed by atoms with Crippen molar-refractivity contribution in [2.75, 3.05) is 13.2 Å². The fraction of sp³-hybridized carbons (Fsp3) is 0.562. The van der Waals surface area contributed by atoms with Gasteiger partial charge in [0.25, 0.3) is 5.91 Å². The average molecular weight is 277 g/mol. The Balaban J connectivity index is 1.99. The van der Waals surface area contributed by atoms with Gasteiger partial charge in [0, 0.05) is 17.7 Å². The van der Waals surface area contributed by atoms with Gasteiger partial charge in [0.1, 0.15) is 0 Å². The molecule has 0 saturated heterocycles. The fourth-order valence-corrected chi connectivity index (χ4v) is 2.39. The van der Waals surface area contributed by atoms with Gasteiger partial charge in [0.05, 0.1) is 6.61 Å². The van der Waals surface area contributed by atoms with Crippen LogP contribution in [-0.2, 0) is 9.57 Å². The van der Waals surface area contributed by atoms with Crippen molar-refractivity contribution in [2.45, 2.75) is 45.8 Å². The maximum Gasteiger partial charge on any atom is 0.280 e. The van der Waals surface area contributed by atoms with Gasteiger partial charge in [-0.15, -0.1) is 0 Å². The molecule has 1 atom stereocenters. The van der Waals surface area contributed by atoms with Crippen molar-refractivity contribution in [1.82, 2.24) is 5.06 Å². The summed E-state index contributed by atoms with van der Waals surface area (Å²) in [6.45, 7) is 5.20. The number of hydrogen-bond acceptors (Lipinski definition) is 3. The minimum absolute atomic E-state index is 0.102. The highest BCUT2D eigenvalue weighted by atomic mass is 16.7. The molecule has 2 rings (SSSR count). The number of hydrogen-bond donors (Lipinski definition) is 0. The normalized spacial score (nSPS) is 17.6. The van der Waals surface area contributed by atoms with Crippen molar-refractivity contribution in [1.29, 1.82) is 0 Å². The minimum Gasteiger partial charge on any atom is -0.352 e. The smallest absolute Gasteiger partial charge is 0.280 e. The van der Waals surface area contributed by atoms with Gasteiger partial charge in [0.2, 0.25) is 0 Å². The molecule has 0 aromatic heterocycles. The summed E-state index contributed by atoms with van der Waals surface area (Å²) in [5.41, 5.74) is 1.58. The van der Waals surface area contributed by atoms with Crippen LogP contribution in [0.25, 0.3) is 0 Å². The number of carbonyl (C=O) groups excluding carboxylic acids is 1. The molecule has 4 heteroatoms. The van der Waals surface area contributed by atoms with Gasteiger partial charge in [-0.25, -0.2) is 0 Å². The molecular weight excluding hydrogens is 254 g/mol. The monoisotopic (exact) mass is 277 g/mol. The molecular formula is C16H23NO3. The lowest BCUT2D eigenvalue weighted by Crippen LogP contribution is -2.30. The number of ether oxygens (including phenoxy) is 1. The van der Waals surface area contributed by atoms with Crippen LogP contribution in [0.5, 0.6) is 0 Å². The quantitative estimate of drug-likeness (QED) is 0.680. The number of carbonyl (C=O) groups is 1. The first-order valence-corrected chi connectivity index (χ1v) is 7.46. The molecule has 0 radical (unpaired) electrons. The number of unbranched alkanes of at least 4 members (excludes halogenated alkanes) is 3. The zero-order valence-electron chi connectivity index (χ0n) is 12.3. The molecule has 0 N–H and O–H groups in total. The Kier molecular flexibility index (Phi) is 5.56. The second kappa shape index (κ2) is 7.41. The predicted molar refractivity (Wildman–Crippen MR) is 77.1 cm³/mol. The number of hydroxylamine groups is 2. The van der Waals surface area contributed by atoms with Crippen molar-refractivity contribution < 1.29 is 14.4 Å². The molecule has 1 aliphatic rings. The van der Waals surface area contributed by atoms with E-state index in [0.29, 0.717) is 18.8 Å². The summed E-state index contributed by atoms with van der Waals surface area (Å²) < 4.78 is 5.67. The Morgan fingerprint density at radius 2 is 1.95 bits per heavy atom. The number of fused-ring (bicyclic) bond motifs is 1. The maximum atomic E-state index is 12.3. The van der Waals surface area contributed by atoms with E-state index in [1.165, 1.54) is 17.9 Å². The topological polar surface area (TPSA) is 38.8 Å². The standard InChI is InChI=1S/C16H23NO3/c1-3-5-6-9-12-20-17-15(18)13-10-7-8-11-14(13)16(17)19-4-2/h7-8,10-11,16H,3-6,9,12H2,1-2H3. The van der Waals surface area contributed by atoms with Crippen molar-refractivity contribution in [3.05, 3.63) is 35.4 Å². The Labute approximate surface area is 120 Å². The number of nitrogens with zero attached hydrogens (tertiary/aromatic N) is 1. The molecule has 0 aliphatic carbocycles. The van der Waals surface area contributed by atoms with Crippen LogP contribution in [0.15, 0.2) is 24.3 Å². The lowest BCUT2D eigenvalue weighted by molar-refractivity contribution is -0.215. The Hall–Kier alpha value is -1.39. The lowest BCUT2D eigenvalue weighted by atomic mass is 10.1. The second-order valence-corrected chi connectivity index (χ2v) is 4.92. The van der Waals surface area contributed by atoms with E-state index in [0.717, 1.165) is 18.4 Å². The summed E-state index contributed by atoms with van der Waals surface area (Å²) >= 11 is 0. The Morgan fingerprint density at radius 1 is 1.15 bits per heavy atom. The molecule has 0 saturated carbocycles. The van der Waals surface area contributed by atoms with Crippen LogP contribution in [0, 0.1) is 0 Å². The molecule has 0 fully saturated rings. The molecule has 0 bridgehead atoms. The molecule has 20 heavy (non-hydrogen) atoms. The van der Waals surface area contributed by atoms with Crippen molar-refractivity contribution in [3.63, 3.8) is 0 Å². The Bertz CT molecular complexity index is 447. The highest BCUT2D eigenvalue weighted by Gasteiger charge is 2.38. The highest BCUT2D eigenvalue weighted by molar-refractivity contribution is 5.98. The van der Waals surface area contributed by atoms with Crippen LogP contribution >= 0.6 is 0 Å². The molecule has 1 aromatic carbocycles. The zero-order chi connectivity index (χ0) is 14.4. The summed E-state index contributed by atoms with van der Waals surface area (Å²) in [5.74, 6) is -0.102. The van der Waals surface area contributed by atoms with E-state index in [1.807, 2.05) is 31.2 Å². The number of rotatable bonds is 8. The first-order chi connectivity index (χ1) is 9.79. The van der Waals surface area contributed by atoms with Crippen LogP contribution < -0.4 is 0 Å². The van der Waals surface area contributed by atoms with Crippen molar-refractivity contribution in [3.8, 4) is 0 Å². The van der Waals surface area contributed by atoms with Gasteiger partial charge in [-0.2, -0.15) is 5.06 Å². The maximum absolute atomic E-state index is 12.3. The van der Waals surface area contributed by atoms with E-state index < -0.39 is 6.23 Å². The van der Waals surface area contributed by atoms with Crippen LogP contribution in [0.4, 0.5) is 0 Å². The molecule has 4 nitrogen and oxygen atoms in total. The van der Waals surface area contributed by atoms with Crippen molar-refractivity contribution >= 4 is 5.91 Å². The third-order valence-corrected chi connectivity index (χ3v) is 3.42. The molecule has 1 aromatic rings. The van der Waals surface area contributed by atoms with E-state index in [4.69, 9.17) is 9.57 Å². The van der Waals surface area contributed by atoms with E-state index in [2.05, 4.69) is 6.92 Å². The molecule has 0 spiro atoms. The third kappa shape index (κ3) is 3.19. The predicted octanol–water partition coefficient (Wildman–Crippen LogP) is 3.69. The van der Waals surface area contributed by atoms with Gasteiger partial charge >= 0.3 is 0 Å². The average Bonchev–Trinajstić information content (AvgIpc) is 2.73. The van der Waals surface area contributed by atoms with E-state index >= 15 is 0 Å². The number of amides is 1. The third-order valence-electron chi connectivity index (χ3n) is 3.42. The van der Waals surface area contributed by atoms with E-state index in [1.54, 1.807) is 0 Å². The van der Waals surface area contributed by atoms with Gasteiger partial charge in [-0.3, -0.25) is 9.63 Å². The molecule has 1 heterocycles. The zero-order valence-corrected chi connectivity index (χ0v) is 12.3. The minimum atomic E-state index is -0.408. The van der Waals surface area contributed by atoms with Gasteiger partial charge in [-0.1, -0.05) is 44.4 Å². The summed E-state index contributed by atoms with van der Waals surface area (Å²) in [6, 6.07) is 7.53. The van der Waals surface area contributed by atoms with Crippen LogP contribution in [-0.4, -0.2) is 24.2 Å². The van der Waals surface area contributed by atoms with Gasteiger partial charge in [-0.05, 0) is 19.4 Å². The molecule has 1 amide bonds. The van der Waals surface area contributed by atoms with Gasteiger partial charge < -0.3 is 4.74 Å².